The standard InChI is InChI=1S/C19H29FN2O.C7H8.Y/c1-5-9-17(22(6-2)10-7-8-11-22)19(23)21-18-14(3)12-16(20)13-15(18)4;1-7-5-3-2-4-6-7;/h12-13,17H,5-11H2,1-4H3;2-6H,1H3;/p+1. The van der Waals surface area contributed by atoms with E-state index in [0.717, 1.165) is 53.8 Å². The second kappa shape index (κ2) is 13.5. The molecule has 3 rings (SSSR count). The van der Waals surface area contributed by atoms with E-state index < -0.39 is 0 Å². The summed E-state index contributed by atoms with van der Waals surface area (Å²) < 4.78 is 14.4. The molecular weight excluding hydrogens is 464 g/mol. The first-order chi connectivity index (χ1) is 14.3. The van der Waals surface area contributed by atoms with Gasteiger partial charge >= 0.3 is 0 Å². The van der Waals surface area contributed by atoms with Gasteiger partial charge in [0.05, 0.1) is 19.6 Å². The van der Waals surface area contributed by atoms with Crippen LogP contribution in [0.15, 0.2) is 42.5 Å². The molecule has 1 amide bonds. The van der Waals surface area contributed by atoms with Gasteiger partial charge in [-0.25, -0.2) is 4.39 Å². The zero-order valence-electron chi connectivity index (χ0n) is 19.9. The van der Waals surface area contributed by atoms with Crippen LogP contribution in [0.4, 0.5) is 10.1 Å². The molecule has 3 nitrogen and oxygen atoms in total. The molecule has 0 aromatic heterocycles. The van der Waals surface area contributed by atoms with Gasteiger partial charge in [0.2, 0.25) is 0 Å². The van der Waals surface area contributed by atoms with Crippen LogP contribution < -0.4 is 5.32 Å². The number of hydrogen-bond acceptors (Lipinski definition) is 1. The van der Waals surface area contributed by atoms with Crippen molar-refractivity contribution in [2.45, 2.75) is 66.3 Å². The topological polar surface area (TPSA) is 29.1 Å². The Morgan fingerprint density at radius 2 is 1.58 bits per heavy atom. The average Bonchev–Trinajstić information content (AvgIpc) is 3.20. The summed E-state index contributed by atoms with van der Waals surface area (Å²) in [5.74, 6) is -0.159. The van der Waals surface area contributed by atoms with Crippen molar-refractivity contribution in [3.8, 4) is 0 Å². The Bertz CT molecular complexity index is 796. The van der Waals surface area contributed by atoms with Crippen molar-refractivity contribution in [1.82, 2.24) is 0 Å². The fourth-order valence-corrected chi connectivity index (χ4v) is 4.59. The molecule has 1 N–H and O–H groups in total. The second-order valence-electron chi connectivity index (χ2n) is 8.55. The average molecular weight is 503 g/mol. The maximum Gasteiger partial charge on any atom is 0.282 e. The van der Waals surface area contributed by atoms with Crippen molar-refractivity contribution >= 4 is 11.6 Å². The van der Waals surface area contributed by atoms with Crippen LogP contribution in [0.2, 0.25) is 0 Å². The number of anilines is 1. The van der Waals surface area contributed by atoms with Crippen LogP contribution in [-0.2, 0) is 37.5 Å². The molecule has 1 atom stereocenters. The second-order valence-corrected chi connectivity index (χ2v) is 8.55. The summed E-state index contributed by atoms with van der Waals surface area (Å²) in [6, 6.07) is 13.2. The number of aryl methyl sites for hydroxylation is 3. The molecule has 0 aliphatic carbocycles. The number of likely N-dealkylation sites (tertiary alicyclic amines) is 1. The molecule has 1 radical (unpaired) electrons. The molecule has 167 valence electrons. The number of carbonyl (C=O) groups excluding carboxylic acids is 1. The fraction of sp³-hybridized carbons (Fsp3) is 0.500. The summed E-state index contributed by atoms with van der Waals surface area (Å²) in [7, 11) is 0. The quantitative estimate of drug-likeness (QED) is 0.470. The number of nitrogens with zero attached hydrogens (tertiary/aromatic N) is 1. The SMILES string of the molecule is CCCC(C(=O)Nc1c(C)cc(F)cc1C)[N+]1(CC)CCCC1.Cc1ccccc1.[Y]. The van der Waals surface area contributed by atoms with Gasteiger partial charge in [-0.05, 0) is 57.4 Å². The number of nitrogens with one attached hydrogen (secondary N) is 1. The summed E-state index contributed by atoms with van der Waals surface area (Å²) in [5, 5.41) is 3.11. The predicted octanol–water partition coefficient (Wildman–Crippen LogP) is 6.17. The third-order valence-electron chi connectivity index (χ3n) is 6.30. The third-order valence-corrected chi connectivity index (χ3v) is 6.30. The Labute approximate surface area is 213 Å². The van der Waals surface area contributed by atoms with Crippen molar-refractivity contribution in [3.63, 3.8) is 0 Å². The van der Waals surface area contributed by atoms with E-state index in [2.05, 4.69) is 38.2 Å². The minimum atomic E-state index is -0.250. The molecule has 2 aromatic rings. The number of halogens is 1. The van der Waals surface area contributed by atoms with Crippen molar-refractivity contribution in [2.24, 2.45) is 0 Å². The van der Waals surface area contributed by atoms with Gasteiger partial charge in [-0.15, -0.1) is 0 Å². The van der Waals surface area contributed by atoms with Crippen LogP contribution in [0, 0.1) is 26.6 Å². The Morgan fingerprint density at radius 1 is 1.03 bits per heavy atom. The van der Waals surface area contributed by atoms with Crippen molar-refractivity contribution in [1.29, 1.82) is 0 Å². The zero-order chi connectivity index (χ0) is 22.1. The van der Waals surface area contributed by atoms with Gasteiger partial charge < -0.3 is 9.80 Å². The fourth-order valence-electron chi connectivity index (χ4n) is 4.59. The van der Waals surface area contributed by atoms with Gasteiger partial charge in [-0.2, -0.15) is 0 Å². The predicted molar refractivity (Wildman–Crippen MR) is 124 cm³/mol. The molecule has 2 aromatic carbocycles. The third kappa shape index (κ3) is 7.77. The number of hydrogen-bond donors (Lipinski definition) is 1. The molecule has 1 saturated heterocycles. The van der Waals surface area contributed by atoms with Gasteiger partial charge in [0, 0.05) is 57.7 Å². The first-order valence-corrected chi connectivity index (χ1v) is 11.3. The Hall–Kier alpha value is -1.10. The summed E-state index contributed by atoms with van der Waals surface area (Å²) in [6.45, 7) is 13.3. The van der Waals surface area contributed by atoms with Crippen LogP contribution in [0.25, 0.3) is 0 Å². The van der Waals surface area contributed by atoms with Crippen molar-refractivity contribution < 1.29 is 46.4 Å². The van der Waals surface area contributed by atoms with Gasteiger partial charge in [-0.3, -0.25) is 4.79 Å². The number of likely N-dealkylation sites (N-methyl/N-ethyl adjacent to an activating group) is 1. The minimum absolute atomic E-state index is 0. The molecule has 1 fully saturated rings. The van der Waals surface area contributed by atoms with Crippen LogP contribution >= 0.6 is 0 Å². The first-order valence-electron chi connectivity index (χ1n) is 11.3. The van der Waals surface area contributed by atoms with Crippen molar-refractivity contribution in [3.05, 3.63) is 65.0 Å². The van der Waals surface area contributed by atoms with Gasteiger partial charge in [0.15, 0.2) is 6.04 Å². The summed E-state index contributed by atoms with van der Waals surface area (Å²) in [4.78, 5) is 13.0. The van der Waals surface area contributed by atoms with E-state index in [1.165, 1.54) is 30.5 Å². The molecule has 0 spiro atoms. The van der Waals surface area contributed by atoms with E-state index in [4.69, 9.17) is 0 Å². The zero-order valence-corrected chi connectivity index (χ0v) is 22.7. The summed E-state index contributed by atoms with van der Waals surface area (Å²) in [5.41, 5.74) is 3.67. The van der Waals surface area contributed by atoms with E-state index >= 15 is 0 Å². The van der Waals surface area contributed by atoms with E-state index in [1.54, 1.807) is 0 Å². The normalized spacial score (nSPS) is 15.3. The summed E-state index contributed by atoms with van der Waals surface area (Å²) in [6.07, 6.45) is 4.31. The van der Waals surface area contributed by atoms with E-state index in [0.29, 0.717) is 0 Å². The van der Waals surface area contributed by atoms with Crippen LogP contribution in [0.1, 0.15) is 56.2 Å². The number of benzene rings is 2. The molecule has 5 heteroatoms. The maximum atomic E-state index is 13.5. The molecule has 1 heterocycles. The Balaban J connectivity index is 0.000000510. The minimum Gasteiger partial charge on any atom is -0.320 e. The smallest absolute Gasteiger partial charge is 0.282 e. The van der Waals surface area contributed by atoms with Gasteiger partial charge in [-0.1, -0.05) is 42.8 Å². The Kier molecular flexibility index (Phi) is 12.1. The largest absolute Gasteiger partial charge is 0.320 e. The van der Waals surface area contributed by atoms with Crippen LogP contribution in [0.5, 0.6) is 0 Å². The molecule has 1 unspecified atom stereocenters. The molecule has 0 bridgehead atoms. The first kappa shape index (κ1) is 27.9. The number of amides is 1. The van der Waals surface area contributed by atoms with Crippen LogP contribution in [-0.4, -0.2) is 36.1 Å². The Morgan fingerprint density at radius 3 is 2.00 bits per heavy atom. The van der Waals surface area contributed by atoms with Crippen molar-refractivity contribution in [2.75, 3.05) is 25.0 Å². The molecular formula is C26H38FN2OY+. The molecule has 0 saturated carbocycles. The number of carbonyl (C=O) groups is 1. The number of quaternary nitrogens is 1. The summed E-state index contributed by atoms with van der Waals surface area (Å²) >= 11 is 0. The molecule has 1 aliphatic heterocycles. The van der Waals surface area contributed by atoms with E-state index in [9.17, 15) is 9.18 Å². The maximum absolute atomic E-state index is 13.5. The van der Waals surface area contributed by atoms with Gasteiger partial charge in [0.1, 0.15) is 5.82 Å². The monoisotopic (exact) mass is 502 g/mol. The van der Waals surface area contributed by atoms with Gasteiger partial charge in [0.25, 0.3) is 5.91 Å². The molecule has 31 heavy (non-hydrogen) atoms. The number of rotatable bonds is 6. The van der Waals surface area contributed by atoms with Crippen LogP contribution in [0.3, 0.4) is 0 Å². The molecule has 1 aliphatic rings. The van der Waals surface area contributed by atoms with E-state index in [1.807, 2.05) is 32.0 Å². The van der Waals surface area contributed by atoms with E-state index in [-0.39, 0.29) is 50.5 Å².